The van der Waals surface area contributed by atoms with E-state index in [2.05, 4.69) is 53.3 Å². The predicted octanol–water partition coefficient (Wildman–Crippen LogP) is 2.34. The SMILES string of the molecule is CC(C)CNC(N)=NCc1ccc(CN2CCCC2)cc1. The van der Waals surface area contributed by atoms with Gasteiger partial charge in [0.15, 0.2) is 5.96 Å². The highest BCUT2D eigenvalue weighted by atomic mass is 15.1. The van der Waals surface area contributed by atoms with Crippen molar-refractivity contribution < 1.29 is 0 Å². The van der Waals surface area contributed by atoms with Gasteiger partial charge in [0, 0.05) is 13.1 Å². The van der Waals surface area contributed by atoms with Gasteiger partial charge in [-0.05, 0) is 43.0 Å². The minimum atomic E-state index is 0.532. The van der Waals surface area contributed by atoms with Crippen LogP contribution in [0.1, 0.15) is 37.8 Å². The lowest BCUT2D eigenvalue weighted by Gasteiger charge is -2.14. The van der Waals surface area contributed by atoms with Gasteiger partial charge in [0.1, 0.15) is 0 Å². The summed E-state index contributed by atoms with van der Waals surface area (Å²) in [4.78, 5) is 6.89. The number of aliphatic imine (C=N–C) groups is 1. The molecular formula is C17H28N4. The van der Waals surface area contributed by atoms with Gasteiger partial charge in [0.2, 0.25) is 0 Å². The van der Waals surface area contributed by atoms with Crippen molar-refractivity contribution in [3.63, 3.8) is 0 Å². The molecule has 1 fully saturated rings. The third-order valence-electron chi connectivity index (χ3n) is 3.75. The molecule has 0 saturated carbocycles. The molecule has 0 radical (unpaired) electrons. The van der Waals surface area contributed by atoms with Crippen LogP contribution in [0.5, 0.6) is 0 Å². The van der Waals surface area contributed by atoms with Crippen LogP contribution in [0.15, 0.2) is 29.3 Å². The molecule has 0 bridgehead atoms. The Kier molecular flexibility index (Phi) is 6.05. The van der Waals surface area contributed by atoms with E-state index >= 15 is 0 Å². The third kappa shape index (κ3) is 5.76. The molecule has 1 saturated heterocycles. The number of nitrogens with two attached hydrogens (primary N) is 1. The number of rotatable bonds is 6. The highest BCUT2D eigenvalue weighted by Gasteiger charge is 2.11. The fourth-order valence-electron chi connectivity index (χ4n) is 2.49. The first-order valence-corrected chi connectivity index (χ1v) is 7.97. The molecule has 21 heavy (non-hydrogen) atoms. The van der Waals surface area contributed by atoms with Gasteiger partial charge in [-0.25, -0.2) is 4.99 Å². The zero-order valence-corrected chi connectivity index (χ0v) is 13.3. The monoisotopic (exact) mass is 288 g/mol. The van der Waals surface area contributed by atoms with Gasteiger partial charge in [-0.1, -0.05) is 38.1 Å². The molecule has 1 aromatic rings. The summed E-state index contributed by atoms with van der Waals surface area (Å²) in [5.41, 5.74) is 8.43. The maximum Gasteiger partial charge on any atom is 0.188 e. The summed E-state index contributed by atoms with van der Waals surface area (Å²) >= 11 is 0. The third-order valence-corrected chi connectivity index (χ3v) is 3.75. The Labute approximate surface area is 128 Å². The molecule has 0 aliphatic carbocycles. The van der Waals surface area contributed by atoms with Crippen LogP contribution in [0.3, 0.4) is 0 Å². The second-order valence-electron chi connectivity index (χ2n) is 6.28. The first-order chi connectivity index (χ1) is 10.1. The molecule has 0 unspecified atom stereocenters. The van der Waals surface area contributed by atoms with Crippen LogP contribution < -0.4 is 11.1 Å². The molecule has 116 valence electrons. The molecule has 0 amide bonds. The summed E-state index contributed by atoms with van der Waals surface area (Å²) < 4.78 is 0. The minimum Gasteiger partial charge on any atom is -0.370 e. The number of hydrogen-bond donors (Lipinski definition) is 2. The van der Waals surface area contributed by atoms with Crippen molar-refractivity contribution in [2.24, 2.45) is 16.6 Å². The first-order valence-electron chi connectivity index (χ1n) is 7.97. The van der Waals surface area contributed by atoms with E-state index < -0.39 is 0 Å². The van der Waals surface area contributed by atoms with Crippen molar-refractivity contribution in [2.75, 3.05) is 19.6 Å². The maximum atomic E-state index is 5.84. The van der Waals surface area contributed by atoms with Crippen LogP contribution in [0, 0.1) is 5.92 Å². The maximum absolute atomic E-state index is 5.84. The molecule has 1 aliphatic heterocycles. The lowest BCUT2D eigenvalue weighted by atomic mass is 10.1. The van der Waals surface area contributed by atoms with Crippen molar-refractivity contribution in [1.29, 1.82) is 0 Å². The van der Waals surface area contributed by atoms with Crippen molar-refractivity contribution in [1.82, 2.24) is 10.2 Å². The van der Waals surface area contributed by atoms with Crippen molar-refractivity contribution in [2.45, 2.75) is 39.8 Å². The lowest BCUT2D eigenvalue weighted by molar-refractivity contribution is 0.331. The number of likely N-dealkylation sites (tertiary alicyclic amines) is 1. The molecule has 1 aliphatic rings. The van der Waals surface area contributed by atoms with E-state index in [4.69, 9.17) is 5.73 Å². The van der Waals surface area contributed by atoms with Gasteiger partial charge < -0.3 is 11.1 Å². The molecule has 2 rings (SSSR count). The number of hydrogen-bond acceptors (Lipinski definition) is 2. The van der Waals surface area contributed by atoms with Crippen LogP contribution in [0.4, 0.5) is 0 Å². The fraction of sp³-hybridized carbons (Fsp3) is 0.588. The lowest BCUT2D eigenvalue weighted by Crippen LogP contribution is -2.34. The standard InChI is InChI=1S/C17H28N4/c1-14(2)11-19-17(18)20-12-15-5-7-16(8-6-15)13-21-9-3-4-10-21/h5-8,14H,3-4,9-13H2,1-2H3,(H3,18,19,20). The largest absolute Gasteiger partial charge is 0.370 e. The van der Waals surface area contributed by atoms with E-state index in [1.807, 2.05) is 0 Å². The smallest absolute Gasteiger partial charge is 0.188 e. The molecule has 0 spiro atoms. The molecule has 0 aromatic heterocycles. The quantitative estimate of drug-likeness (QED) is 0.624. The van der Waals surface area contributed by atoms with E-state index in [0.29, 0.717) is 18.4 Å². The number of nitrogens with zero attached hydrogens (tertiary/aromatic N) is 2. The highest BCUT2D eigenvalue weighted by molar-refractivity contribution is 5.77. The van der Waals surface area contributed by atoms with Crippen LogP contribution in [-0.4, -0.2) is 30.5 Å². The summed E-state index contributed by atoms with van der Waals surface area (Å²) in [6.07, 6.45) is 2.69. The molecule has 4 heteroatoms. The minimum absolute atomic E-state index is 0.532. The summed E-state index contributed by atoms with van der Waals surface area (Å²) in [6.45, 7) is 9.36. The summed E-state index contributed by atoms with van der Waals surface area (Å²) in [7, 11) is 0. The molecule has 4 nitrogen and oxygen atoms in total. The molecule has 1 aromatic carbocycles. The van der Waals surface area contributed by atoms with Gasteiger partial charge in [-0.15, -0.1) is 0 Å². The molecule has 3 N–H and O–H groups in total. The van der Waals surface area contributed by atoms with Crippen molar-refractivity contribution in [3.05, 3.63) is 35.4 Å². The van der Waals surface area contributed by atoms with Gasteiger partial charge in [-0.3, -0.25) is 4.90 Å². The van der Waals surface area contributed by atoms with Crippen LogP contribution >= 0.6 is 0 Å². The van der Waals surface area contributed by atoms with E-state index in [-0.39, 0.29) is 0 Å². The predicted molar refractivity (Wildman–Crippen MR) is 89.1 cm³/mol. The Hall–Kier alpha value is -1.55. The van der Waals surface area contributed by atoms with Gasteiger partial charge in [-0.2, -0.15) is 0 Å². The molecule has 1 heterocycles. The van der Waals surface area contributed by atoms with Gasteiger partial charge >= 0.3 is 0 Å². The van der Waals surface area contributed by atoms with Crippen molar-refractivity contribution in [3.8, 4) is 0 Å². The molecule has 0 atom stereocenters. The van der Waals surface area contributed by atoms with Crippen LogP contribution in [0.25, 0.3) is 0 Å². The zero-order chi connectivity index (χ0) is 15.1. The number of guanidine groups is 1. The summed E-state index contributed by atoms with van der Waals surface area (Å²) in [5.74, 6) is 1.11. The van der Waals surface area contributed by atoms with Crippen LogP contribution in [0.2, 0.25) is 0 Å². The van der Waals surface area contributed by atoms with E-state index in [1.54, 1.807) is 0 Å². The normalized spacial score (nSPS) is 16.6. The Balaban J connectivity index is 1.80. The van der Waals surface area contributed by atoms with E-state index in [0.717, 1.165) is 13.1 Å². The Morgan fingerprint density at radius 1 is 1.19 bits per heavy atom. The zero-order valence-electron chi connectivity index (χ0n) is 13.3. The number of nitrogens with one attached hydrogen (secondary N) is 1. The highest BCUT2D eigenvalue weighted by Crippen LogP contribution is 2.13. The van der Waals surface area contributed by atoms with Crippen LogP contribution in [-0.2, 0) is 13.1 Å². The fourth-order valence-corrected chi connectivity index (χ4v) is 2.49. The van der Waals surface area contributed by atoms with E-state index in [9.17, 15) is 0 Å². The Morgan fingerprint density at radius 2 is 1.81 bits per heavy atom. The average Bonchev–Trinajstić information content (AvgIpc) is 2.97. The first kappa shape index (κ1) is 15.8. The average molecular weight is 288 g/mol. The van der Waals surface area contributed by atoms with Crippen molar-refractivity contribution >= 4 is 5.96 Å². The second kappa shape index (κ2) is 8.03. The topological polar surface area (TPSA) is 53.6 Å². The Morgan fingerprint density at radius 3 is 2.43 bits per heavy atom. The van der Waals surface area contributed by atoms with Gasteiger partial charge in [0.05, 0.1) is 6.54 Å². The molecular weight excluding hydrogens is 260 g/mol. The summed E-state index contributed by atoms with van der Waals surface area (Å²) in [5, 5.41) is 3.13. The second-order valence-corrected chi connectivity index (χ2v) is 6.28. The summed E-state index contributed by atoms with van der Waals surface area (Å²) in [6, 6.07) is 8.73. The van der Waals surface area contributed by atoms with E-state index in [1.165, 1.54) is 37.1 Å². The number of benzene rings is 1. The van der Waals surface area contributed by atoms with Gasteiger partial charge in [0.25, 0.3) is 0 Å². The Bertz CT molecular complexity index is 444.